The molecule has 0 saturated heterocycles. The molecule has 0 aromatic heterocycles. The van der Waals surface area contributed by atoms with Crippen molar-refractivity contribution in [3.05, 3.63) is 22.5 Å². The average molecular weight is 241 g/mol. The van der Waals surface area contributed by atoms with Crippen molar-refractivity contribution in [3.8, 4) is 11.5 Å². The fraction of sp³-hybridized carbons (Fsp3) is 0.538. The largest absolute Gasteiger partial charge is 0.504 e. The third kappa shape index (κ3) is 2.69. The minimum absolute atomic E-state index is 0.0564. The fourth-order valence-corrected chi connectivity index (χ4v) is 2.01. The van der Waals surface area contributed by atoms with E-state index in [2.05, 4.69) is 0 Å². The summed E-state index contributed by atoms with van der Waals surface area (Å²) in [5, 5.41) is 10.1. The lowest BCUT2D eigenvalue weighted by molar-refractivity contribution is 0.362. The number of phenolic OH excluding ortho intramolecular Hbond substituents is 1. The Morgan fingerprint density at radius 1 is 1.24 bits per heavy atom. The molecule has 0 heterocycles. The summed E-state index contributed by atoms with van der Waals surface area (Å²) in [6.45, 7) is 3.88. The van der Waals surface area contributed by atoms with Gasteiger partial charge in [0, 0.05) is 11.1 Å². The number of methoxy groups -OCH3 is 1. The maximum absolute atomic E-state index is 13.9. The standard InChI is InChI=1S/C13H20FNO2/c1-8-10(6-4-5-7-15)12(16)13(17-3)9(2)11(8)14/h16H,4-7,15H2,1-3H3. The molecule has 0 aliphatic rings. The third-order valence-corrected chi connectivity index (χ3v) is 3.04. The van der Waals surface area contributed by atoms with Gasteiger partial charge in [-0.25, -0.2) is 4.39 Å². The molecule has 0 fully saturated rings. The van der Waals surface area contributed by atoms with Crippen molar-refractivity contribution < 1.29 is 14.2 Å². The maximum atomic E-state index is 13.9. The van der Waals surface area contributed by atoms with Gasteiger partial charge in [-0.2, -0.15) is 0 Å². The molecule has 1 aromatic rings. The van der Waals surface area contributed by atoms with E-state index >= 15 is 0 Å². The summed E-state index contributed by atoms with van der Waals surface area (Å²) in [7, 11) is 1.43. The number of benzene rings is 1. The number of unbranched alkanes of at least 4 members (excludes halogenated alkanes) is 1. The van der Waals surface area contributed by atoms with Crippen LogP contribution in [-0.2, 0) is 6.42 Å². The molecule has 0 aliphatic heterocycles. The van der Waals surface area contributed by atoms with E-state index in [4.69, 9.17) is 10.5 Å². The normalized spacial score (nSPS) is 10.6. The van der Waals surface area contributed by atoms with Gasteiger partial charge in [-0.05, 0) is 45.2 Å². The highest BCUT2D eigenvalue weighted by atomic mass is 19.1. The second-order valence-electron chi connectivity index (χ2n) is 4.17. The molecular formula is C13H20FNO2. The Bertz CT molecular complexity index is 405. The lowest BCUT2D eigenvalue weighted by atomic mass is 9.97. The van der Waals surface area contributed by atoms with Gasteiger partial charge in [0.05, 0.1) is 7.11 Å². The van der Waals surface area contributed by atoms with Gasteiger partial charge in [0.2, 0.25) is 0 Å². The van der Waals surface area contributed by atoms with Crippen molar-refractivity contribution in [1.29, 1.82) is 0 Å². The van der Waals surface area contributed by atoms with Crippen molar-refractivity contribution in [2.24, 2.45) is 5.73 Å². The molecule has 1 rings (SSSR count). The van der Waals surface area contributed by atoms with Gasteiger partial charge < -0.3 is 15.6 Å². The molecule has 0 radical (unpaired) electrons. The highest BCUT2D eigenvalue weighted by Gasteiger charge is 2.19. The summed E-state index contributed by atoms with van der Waals surface area (Å²) in [5.41, 5.74) is 6.89. The molecule has 0 bridgehead atoms. The van der Waals surface area contributed by atoms with Crippen LogP contribution in [0, 0.1) is 19.7 Å². The van der Waals surface area contributed by atoms with E-state index in [1.54, 1.807) is 13.8 Å². The molecule has 3 N–H and O–H groups in total. The Kier molecular flexibility index (Phi) is 4.75. The van der Waals surface area contributed by atoms with Gasteiger partial charge >= 0.3 is 0 Å². The van der Waals surface area contributed by atoms with E-state index in [1.165, 1.54) is 7.11 Å². The summed E-state index contributed by atoms with van der Waals surface area (Å²) in [5.74, 6) is -0.0147. The van der Waals surface area contributed by atoms with Crippen molar-refractivity contribution in [2.75, 3.05) is 13.7 Å². The van der Waals surface area contributed by atoms with Gasteiger partial charge in [0.25, 0.3) is 0 Å². The lowest BCUT2D eigenvalue weighted by Gasteiger charge is -2.16. The van der Waals surface area contributed by atoms with Crippen molar-refractivity contribution in [2.45, 2.75) is 33.1 Å². The molecule has 0 spiro atoms. The number of halogens is 1. The van der Waals surface area contributed by atoms with Crippen LogP contribution in [0.5, 0.6) is 11.5 Å². The Morgan fingerprint density at radius 3 is 2.41 bits per heavy atom. The number of nitrogens with two attached hydrogens (primary N) is 1. The third-order valence-electron chi connectivity index (χ3n) is 3.04. The van der Waals surface area contributed by atoms with Crippen molar-refractivity contribution in [3.63, 3.8) is 0 Å². The number of hydrogen-bond acceptors (Lipinski definition) is 3. The second-order valence-corrected chi connectivity index (χ2v) is 4.17. The van der Waals surface area contributed by atoms with Crippen LogP contribution < -0.4 is 10.5 Å². The first-order valence-corrected chi connectivity index (χ1v) is 5.79. The van der Waals surface area contributed by atoms with Crippen LogP contribution in [0.4, 0.5) is 4.39 Å². The van der Waals surface area contributed by atoms with E-state index in [-0.39, 0.29) is 17.3 Å². The van der Waals surface area contributed by atoms with Gasteiger partial charge in [-0.3, -0.25) is 0 Å². The van der Waals surface area contributed by atoms with Crippen LogP contribution >= 0.6 is 0 Å². The minimum Gasteiger partial charge on any atom is -0.504 e. The minimum atomic E-state index is -0.303. The van der Waals surface area contributed by atoms with Crippen molar-refractivity contribution >= 4 is 0 Å². The van der Waals surface area contributed by atoms with Gasteiger partial charge in [0.1, 0.15) is 5.82 Å². The van der Waals surface area contributed by atoms with Crippen LogP contribution in [0.1, 0.15) is 29.5 Å². The summed E-state index contributed by atoms with van der Waals surface area (Å²) in [4.78, 5) is 0. The highest BCUT2D eigenvalue weighted by molar-refractivity contribution is 5.55. The summed E-state index contributed by atoms with van der Waals surface area (Å²) in [6, 6.07) is 0. The van der Waals surface area contributed by atoms with Gasteiger partial charge in [0.15, 0.2) is 11.5 Å². The lowest BCUT2D eigenvalue weighted by Crippen LogP contribution is -2.03. The van der Waals surface area contributed by atoms with Crippen LogP contribution in [0.15, 0.2) is 0 Å². The predicted molar refractivity (Wildman–Crippen MR) is 66.1 cm³/mol. The number of hydrogen-bond donors (Lipinski definition) is 2. The Balaban J connectivity index is 3.15. The molecule has 0 amide bonds. The number of rotatable bonds is 5. The summed E-state index contributed by atoms with van der Waals surface area (Å²) in [6.07, 6.45) is 2.30. The smallest absolute Gasteiger partial charge is 0.166 e. The molecule has 0 saturated carbocycles. The SMILES string of the molecule is COc1c(C)c(F)c(C)c(CCCCN)c1O. The monoisotopic (exact) mass is 241 g/mol. The summed E-state index contributed by atoms with van der Waals surface area (Å²) < 4.78 is 19.0. The van der Waals surface area contributed by atoms with Gasteiger partial charge in [-0.1, -0.05) is 0 Å². The van der Waals surface area contributed by atoms with Crippen LogP contribution in [0.3, 0.4) is 0 Å². The number of phenols is 1. The average Bonchev–Trinajstić information content (AvgIpc) is 2.32. The Labute approximate surface area is 101 Å². The maximum Gasteiger partial charge on any atom is 0.166 e. The topological polar surface area (TPSA) is 55.5 Å². The van der Waals surface area contributed by atoms with E-state index in [0.717, 1.165) is 12.8 Å². The van der Waals surface area contributed by atoms with Crippen LogP contribution in [0.2, 0.25) is 0 Å². The first-order chi connectivity index (χ1) is 8.04. The quantitative estimate of drug-likeness (QED) is 0.778. The Morgan fingerprint density at radius 2 is 1.88 bits per heavy atom. The molecule has 0 aliphatic carbocycles. The number of aromatic hydroxyl groups is 1. The molecule has 17 heavy (non-hydrogen) atoms. The first kappa shape index (κ1) is 13.8. The zero-order chi connectivity index (χ0) is 13.0. The van der Waals surface area contributed by atoms with Gasteiger partial charge in [-0.15, -0.1) is 0 Å². The molecule has 96 valence electrons. The van der Waals surface area contributed by atoms with Crippen LogP contribution in [-0.4, -0.2) is 18.8 Å². The van der Waals surface area contributed by atoms with E-state index in [1.807, 2.05) is 0 Å². The van der Waals surface area contributed by atoms with E-state index in [9.17, 15) is 9.50 Å². The highest BCUT2D eigenvalue weighted by Crippen LogP contribution is 2.38. The molecule has 1 aromatic carbocycles. The fourth-order valence-electron chi connectivity index (χ4n) is 2.01. The molecule has 0 atom stereocenters. The molecular weight excluding hydrogens is 221 g/mol. The zero-order valence-electron chi connectivity index (χ0n) is 10.6. The van der Waals surface area contributed by atoms with E-state index in [0.29, 0.717) is 29.7 Å². The van der Waals surface area contributed by atoms with Crippen molar-refractivity contribution in [1.82, 2.24) is 0 Å². The summed E-state index contributed by atoms with van der Waals surface area (Å²) >= 11 is 0. The molecule has 0 unspecified atom stereocenters. The first-order valence-electron chi connectivity index (χ1n) is 5.79. The Hall–Kier alpha value is -1.29. The zero-order valence-corrected chi connectivity index (χ0v) is 10.6. The van der Waals surface area contributed by atoms with Crippen LogP contribution in [0.25, 0.3) is 0 Å². The second kappa shape index (κ2) is 5.87. The number of ether oxygens (including phenoxy) is 1. The van der Waals surface area contributed by atoms with E-state index < -0.39 is 0 Å². The predicted octanol–water partition coefficient (Wildman–Crippen LogP) is 2.44. The molecule has 4 heteroatoms. The molecule has 3 nitrogen and oxygen atoms in total.